The molecule has 0 radical (unpaired) electrons. The van der Waals surface area contributed by atoms with E-state index in [1.807, 2.05) is 11.3 Å². The zero-order chi connectivity index (χ0) is 11.0. The quantitative estimate of drug-likeness (QED) is 0.850. The third kappa shape index (κ3) is 2.40. The Labute approximate surface area is 96.1 Å². The van der Waals surface area contributed by atoms with Gasteiger partial charge < -0.3 is 5.32 Å². The number of thiazole rings is 1. The first-order valence-electron chi connectivity index (χ1n) is 5.72. The number of aryl methyl sites for hydroxylation is 2. The summed E-state index contributed by atoms with van der Waals surface area (Å²) >= 11 is 1.85. The molecule has 3 atom stereocenters. The zero-order valence-corrected chi connectivity index (χ0v) is 10.8. The maximum Gasteiger partial charge on any atom is 0.0946 e. The Morgan fingerprint density at radius 3 is 2.60 bits per heavy atom. The first-order chi connectivity index (χ1) is 7.11. The topological polar surface area (TPSA) is 24.9 Å². The molecule has 0 amide bonds. The van der Waals surface area contributed by atoms with E-state index in [9.17, 15) is 0 Å². The molecule has 3 unspecified atom stereocenters. The fourth-order valence-electron chi connectivity index (χ4n) is 2.19. The van der Waals surface area contributed by atoms with Gasteiger partial charge in [-0.15, -0.1) is 11.3 Å². The lowest BCUT2D eigenvalue weighted by Crippen LogP contribution is -2.30. The molecule has 0 saturated heterocycles. The smallest absolute Gasteiger partial charge is 0.0946 e. The largest absolute Gasteiger partial charge is 0.316 e. The number of likely N-dealkylation sites (N-methyl/N-ethyl adjacent to an activating group) is 1. The fourth-order valence-corrected chi connectivity index (χ4v) is 3.19. The van der Waals surface area contributed by atoms with Crippen molar-refractivity contribution < 1.29 is 0 Å². The van der Waals surface area contributed by atoms with Crippen molar-refractivity contribution in [1.82, 2.24) is 10.3 Å². The van der Waals surface area contributed by atoms with Crippen LogP contribution < -0.4 is 5.32 Å². The SMILES string of the molecule is CNC(Cc1nc(C)c(C)s1)C1CC1C. The van der Waals surface area contributed by atoms with Crippen molar-refractivity contribution in [3.8, 4) is 0 Å². The van der Waals surface area contributed by atoms with Crippen LogP contribution in [0.4, 0.5) is 0 Å². The molecule has 84 valence electrons. The predicted molar refractivity (Wildman–Crippen MR) is 65.4 cm³/mol. The van der Waals surface area contributed by atoms with E-state index in [2.05, 4.69) is 38.1 Å². The molecule has 1 N–H and O–H groups in total. The van der Waals surface area contributed by atoms with E-state index in [0.29, 0.717) is 6.04 Å². The lowest BCUT2D eigenvalue weighted by atomic mass is 10.1. The van der Waals surface area contributed by atoms with Crippen LogP contribution >= 0.6 is 11.3 Å². The lowest BCUT2D eigenvalue weighted by molar-refractivity contribution is 0.478. The second-order valence-corrected chi connectivity index (χ2v) is 6.01. The van der Waals surface area contributed by atoms with Gasteiger partial charge in [-0.1, -0.05) is 6.92 Å². The minimum atomic E-state index is 0.630. The Bertz CT molecular complexity index is 326. The molecule has 0 spiro atoms. The number of nitrogens with one attached hydrogen (secondary N) is 1. The highest BCUT2D eigenvalue weighted by Gasteiger charge is 2.38. The summed E-state index contributed by atoms with van der Waals surface area (Å²) in [4.78, 5) is 5.98. The predicted octanol–water partition coefficient (Wildman–Crippen LogP) is 2.55. The van der Waals surface area contributed by atoms with E-state index in [4.69, 9.17) is 0 Å². The van der Waals surface area contributed by atoms with Crippen molar-refractivity contribution >= 4 is 11.3 Å². The molecule has 1 saturated carbocycles. The Balaban J connectivity index is 2.00. The van der Waals surface area contributed by atoms with Gasteiger partial charge in [-0.25, -0.2) is 4.98 Å². The summed E-state index contributed by atoms with van der Waals surface area (Å²) in [5.41, 5.74) is 1.20. The molecule has 0 aliphatic heterocycles. The molecule has 0 bridgehead atoms. The van der Waals surface area contributed by atoms with Crippen LogP contribution in [-0.2, 0) is 6.42 Å². The summed E-state index contributed by atoms with van der Waals surface area (Å²) in [5.74, 6) is 1.78. The normalized spacial score (nSPS) is 26.7. The summed E-state index contributed by atoms with van der Waals surface area (Å²) in [5, 5.41) is 4.73. The maximum atomic E-state index is 4.61. The summed E-state index contributed by atoms with van der Waals surface area (Å²) < 4.78 is 0. The standard InChI is InChI=1S/C12H20N2S/c1-7-5-10(7)11(13-4)6-12-14-8(2)9(3)15-12/h7,10-11,13H,5-6H2,1-4H3. The van der Waals surface area contributed by atoms with Crippen LogP contribution in [0.1, 0.15) is 28.9 Å². The van der Waals surface area contributed by atoms with E-state index >= 15 is 0 Å². The van der Waals surface area contributed by atoms with Crippen LogP contribution in [0.3, 0.4) is 0 Å². The zero-order valence-electron chi connectivity index (χ0n) is 10.0. The lowest BCUT2D eigenvalue weighted by Gasteiger charge is -2.13. The molecule has 1 heterocycles. The second kappa shape index (κ2) is 4.22. The third-order valence-electron chi connectivity index (χ3n) is 3.53. The van der Waals surface area contributed by atoms with E-state index in [1.165, 1.54) is 22.0 Å². The molecule has 2 rings (SSSR count). The summed E-state index contributed by atoms with van der Waals surface area (Å²) in [7, 11) is 2.07. The van der Waals surface area contributed by atoms with Gasteiger partial charge in [-0.05, 0) is 39.2 Å². The number of nitrogens with zero attached hydrogens (tertiary/aromatic N) is 1. The van der Waals surface area contributed by atoms with E-state index < -0.39 is 0 Å². The van der Waals surface area contributed by atoms with E-state index in [0.717, 1.165) is 18.3 Å². The minimum absolute atomic E-state index is 0.630. The molecule has 1 fully saturated rings. The van der Waals surface area contributed by atoms with Crippen molar-refractivity contribution in [2.45, 2.75) is 39.7 Å². The van der Waals surface area contributed by atoms with Crippen molar-refractivity contribution in [2.75, 3.05) is 7.05 Å². The molecule has 2 nitrogen and oxygen atoms in total. The van der Waals surface area contributed by atoms with Gasteiger partial charge >= 0.3 is 0 Å². The molecular formula is C12H20N2S. The maximum absolute atomic E-state index is 4.61. The van der Waals surface area contributed by atoms with Crippen molar-refractivity contribution in [1.29, 1.82) is 0 Å². The van der Waals surface area contributed by atoms with Gasteiger partial charge in [0.05, 0.1) is 10.7 Å². The molecule has 0 aromatic carbocycles. The van der Waals surface area contributed by atoms with Crippen LogP contribution in [0.15, 0.2) is 0 Å². The molecule has 15 heavy (non-hydrogen) atoms. The van der Waals surface area contributed by atoms with E-state index in [-0.39, 0.29) is 0 Å². The average Bonchev–Trinajstić information content (AvgIpc) is 2.82. The summed E-state index contributed by atoms with van der Waals surface area (Å²) in [6.07, 6.45) is 2.49. The van der Waals surface area contributed by atoms with Gasteiger partial charge in [0.25, 0.3) is 0 Å². The van der Waals surface area contributed by atoms with Gasteiger partial charge in [-0.2, -0.15) is 0 Å². The van der Waals surface area contributed by atoms with Crippen molar-refractivity contribution in [3.05, 3.63) is 15.6 Å². The first kappa shape index (κ1) is 11.1. The Morgan fingerprint density at radius 2 is 2.20 bits per heavy atom. The summed E-state index contributed by atoms with van der Waals surface area (Å²) in [6, 6.07) is 0.630. The van der Waals surface area contributed by atoms with Crippen LogP contribution in [0.5, 0.6) is 0 Å². The third-order valence-corrected chi connectivity index (χ3v) is 4.62. The molecule has 1 aliphatic rings. The monoisotopic (exact) mass is 224 g/mol. The molecular weight excluding hydrogens is 204 g/mol. The second-order valence-electron chi connectivity index (χ2n) is 4.73. The Hall–Kier alpha value is -0.410. The molecule has 1 aliphatic carbocycles. The Kier molecular flexibility index (Phi) is 3.12. The number of hydrogen-bond donors (Lipinski definition) is 1. The molecule has 3 heteroatoms. The summed E-state index contributed by atoms with van der Waals surface area (Å²) in [6.45, 7) is 6.60. The van der Waals surface area contributed by atoms with Gasteiger partial charge in [0, 0.05) is 17.3 Å². The highest BCUT2D eigenvalue weighted by Crippen LogP contribution is 2.41. The van der Waals surface area contributed by atoms with E-state index in [1.54, 1.807) is 0 Å². The van der Waals surface area contributed by atoms with Crippen molar-refractivity contribution in [3.63, 3.8) is 0 Å². The highest BCUT2D eigenvalue weighted by atomic mass is 32.1. The van der Waals surface area contributed by atoms with Gasteiger partial charge in [0.1, 0.15) is 0 Å². The highest BCUT2D eigenvalue weighted by molar-refractivity contribution is 7.11. The first-order valence-corrected chi connectivity index (χ1v) is 6.53. The number of hydrogen-bond acceptors (Lipinski definition) is 3. The minimum Gasteiger partial charge on any atom is -0.316 e. The van der Waals surface area contributed by atoms with Crippen LogP contribution in [-0.4, -0.2) is 18.1 Å². The number of aromatic nitrogens is 1. The van der Waals surface area contributed by atoms with Crippen LogP contribution in [0, 0.1) is 25.7 Å². The van der Waals surface area contributed by atoms with Crippen LogP contribution in [0.2, 0.25) is 0 Å². The number of rotatable bonds is 4. The van der Waals surface area contributed by atoms with Crippen molar-refractivity contribution in [2.24, 2.45) is 11.8 Å². The molecule has 1 aromatic heterocycles. The van der Waals surface area contributed by atoms with Crippen LogP contribution in [0.25, 0.3) is 0 Å². The van der Waals surface area contributed by atoms with Gasteiger partial charge in [0.15, 0.2) is 0 Å². The Morgan fingerprint density at radius 1 is 1.53 bits per heavy atom. The molecule has 1 aromatic rings. The van der Waals surface area contributed by atoms with Gasteiger partial charge in [0.2, 0.25) is 0 Å². The fraction of sp³-hybridized carbons (Fsp3) is 0.750. The van der Waals surface area contributed by atoms with Gasteiger partial charge in [-0.3, -0.25) is 0 Å². The average molecular weight is 224 g/mol.